The Morgan fingerprint density at radius 1 is 1.09 bits per heavy atom. The van der Waals surface area contributed by atoms with Crippen molar-refractivity contribution in [3.05, 3.63) is 48.2 Å². The highest BCUT2D eigenvalue weighted by Gasteiger charge is 2.34. The first-order valence-corrected chi connectivity index (χ1v) is 11.5. The van der Waals surface area contributed by atoms with Crippen LogP contribution < -0.4 is 10.6 Å². The molecule has 1 saturated heterocycles. The van der Waals surface area contributed by atoms with Gasteiger partial charge in [-0.1, -0.05) is 0 Å². The van der Waals surface area contributed by atoms with Crippen LogP contribution in [0.2, 0.25) is 0 Å². The average Bonchev–Trinajstić information content (AvgIpc) is 3.24. The van der Waals surface area contributed by atoms with Gasteiger partial charge in [-0.3, -0.25) is 19.4 Å². The summed E-state index contributed by atoms with van der Waals surface area (Å²) in [7, 11) is 0. The molecule has 3 amide bonds. The van der Waals surface area contributed by atoms with Crippen LogP contribution in [0.15, 0.2) is 41.1 Å². The number of ether oxygens (including phenoxy) is 1. The number of hydrogen-bond donors (Lipinski definition) is 2. The van der Waals surface area contributed by atoms with Gasteiger partial charge in [0.15, 0.2) is 5.58 Å². The highest BCUT2D eigenvalue weighted by molar-refractivity contribution is 6.13. The smallest absolute Gasteiger partial charge is 0.294 e. The summed E-state index contributed by atoms with van der Waals surface area (Å²) < 4.78 is 24.1. The van der Waals surface area contributed by atoms with Gasteiger partial charge in [-0.25, -0.2) is 9.37 Å². The molecule has 1 aliphatic carbocycles. The van der Waals surface area contributed by atoms with E-state index in [0.29, 0.717) is 37.1 Å². The fourth-order valence-electron chi connectivity index (χ4n) is 4.62. The van der Waals surface area contributed by atoms with Crippen molar-refractivity contribution in [3.8, 4) is 0 Å². The largest absolute Gasteiger partial charge is 0.447 e. The quantitative estimate of drug-likeness (QED) is 0.574. The van der Waals surface area contributed by atoms with E-state index < -0.39 is 11.7 Å². The summed E-state index contributed by atoms with van der Waals surface area (Å²) in [4.78, 5) is 48.2. The fourth-order valence-corrected chi connectivity index (χ4v) is 4.62. The van der Waals surface area contributed by atoms with Crippen LogP contribution in [-0.4, -0.2) is 58.4 Å². The van der Waals surface area contributed by atoms with Crippen molar-refractivity contribution in [1.29, 1.82) is 0 Å². The van der Waals surface area contributed by atoms with E-state index in [4.69, 9.17) is 9.15 Å². The lowest BCUT2D eigenvalue weighted by Gasteiger charge is -2.38. The molecular formula is C24H24FN5O5. The molecule has 5 rings (SSSR count). The predicted octanol–water partition coefficient (Wildman–Crippen LogP) is 2.97. The van der Waals surface area contributed by atoms with Crippen LogP contribution in [0.25, 0.3) is 11.1 Å². The Hall–Kier alpha value is -3.86. The molecule has 4 heterocycles. The van der Waals surface area contributed by atoms with Gasteiger partial charge < -0.3 is 24.7 Å². The van der Waals surface area contributed by atoms with E-state index in [0.717, 1.165) is 19.0 Å². The van der Waals surface area contributed by atoms with Crippen LogP contribution in [0, 0.1) is 11.7 Å². The molecule has 1 aliphatic heterocycles. The van der Waals surface area contributed by atoms with Crippen LogP contribution in [-0.2, 0) is 14.3 Å². The molecule has 2 fully saturated rings. The van der Waals surface area contributed by atoms with Crippen LogP contribution in [0.5, 0.6) is 0 Å². The molecule has 10 nitrogen and oxygen atoms in total. The van der Waals surface area contributed by atoms with E-state index in [1.807, 2.05) is 4.90 Å². The summed E-state index contributed by atoms with van der Waals surface area (Å²) in [5, 5.41) is 5.39. The maximum atomic E-state index is 13.2. The zero-order valence-electron chi connectivity index (χ0n) is 18.8. The lowest BCUT2D eigenvalue weighted by molar-refractivity contribution is -0.146. The number of pyridine rings is 2. The van der Waals surface area contributed by atoms with Gasteiger partial charge in [0, 0.05) is 24.7 Å². The molecule has 1 saturated carbocycles. The van der Waals surface area contributed by atoms with Gasteiger partial charge in [0.05, 0.1) is 12.8 Å². The Labute approximate surface area is 199 Å². The molecule has 182 valence electrons. The Morgan fingerprint density at radius 3 is 2.66 bits per heavy atom. The first kappa shape index (κ1) is 22.9. The van der Waals surface area contributed by atoms with E-state index in [1.54, 1.807) is 18.3 Å². The molecular weight excluding hydrogens is 457 g/mol. The van der Waals surface area contributed by atoms with Gasteiger partial charge in [0.1, 0.15) is 29.4 Å². The van der Waals surface area contributed by atoms with Gasteiger partial charge >= 0.3 is 0 Å². The van der Waals surface area contributed by atoms with Gasteiger partial charge in [0.2, 0.25) is 17.6 Å². The number of carbonyl (C=O) groups is 3. The zero-order chi connectivity index (χ0) is 24.4. The third-order valence-corrected chi connectivity index (χ3v) is 6.40. The standard InChI is InChI=1S/C24H24FN5O5/c25-15-5-8-18(27-12-15)28-24(33)22-21(20-17(35-22)2-1-9-26-20)29-23(32)14-3-6-16(7-4-14)30-10-11-34-13-19(30)31/h1-2,5,8-9,12,14,16H,3-4,6-7,10-11,13H2,(H,29,32)(H,27,28,33)/t14-,16-. The second kappa shape index (κ2) is 9.79. The summed E-state index contributed by atoms with van der Waals surface area (Å²) in [6.07, 6.45) is 5.20. The topological polar surface area (TPSA) is 127 Å². The molecule has 0 atom stereocenters. The van der Waals surface area contributed by atoms with Gasteiger partial charge in [-0.05, 0) is 49.9 Å². The van der Waals surface area contributed by atoms with Gasteiger partial charge in [0.25, 0.3) is 5.91 Å². The molecule has 2 N–H and O–H groups in total. The minimum atomic E-state index is -0.646. The Balaban J connectivity index is 1.30. The number of amides is 3. The van der Waals surface area contributed by atoms with Crippen molar-refractivity contribution >= 4 is 40.3 Å². The zero-order valence-corrected chi connectivity index (χ0v) is 18.8. The number of furan rings is 1. The monoisotopic (exact) mass is 481 g/mol. The van der Waals surface area contributed by atoms with Crippen LogP contribution in [0.3, 0.4) is 0 Å². The third-order valence-electron chi connectivity index (χ3n) is 6.40. The first-order valence-electron chi connectivity index (χ1n) is 11.5. The molecule has 0 radical (unpaired) electrons. The van der Waals surface area contributed by atoms with Crippen molar-refractivity contribution in [2.45, 2.75) is 31.7 Å². The van der Waals surface area contributed by atoms with Gasteiger partial charge in [-0.15, -0.1) is 0 Å². The molecule has 0 aromatic carbocycles. The van der Waals surface area contributed by atoms with Crippen LogP contribution >= 0.6 is 0 Å². The molecule has 0 spiro atoms. The first-order chi connectivity index (χ1) is 17.0. The number of halogens is 1. The highest BCUT2D eigenvalue weighted by Crippen LogP contribution is 2.33. The summed E-state index contributed by atoms with van der Waals surface area (Å²) >= 11 is 0. The molecule has 0 bridgehead atoms. The van der Waals surface area contributed by atoms with E-state index in [2.05, 4.69) is 20.6 Å². The number of hydrogen-bond acceptors (Lipinski definition) is 7. The predicted molar refractivity (Wildman–Crippen MR) is 123 cm³/mol. The lowest BCUT2D eigenvalue weighted by Crippen LogP contribution is -2.49. The Bertz CT molecular complexity index is 1250. The van der Waals surface area contributed by atoms with E-state index in [-0.39, 0.29) is 47.6 Å². The van der Waals surface area contributed by atoms with Crippen LogP contribution in [0.1, 0.15) is 36.2 Å². The second-order valence-electron chi connectivity index (χ2n) is 8.61. The summed E-state index contributed by atoms with van der Waals surface area (Å²) in [5.41, 5.74) is 0.871. The van der Waals surface area contributed by atoms with E-state index in [9.17, 15) is 18.8 Å². The summed E-state index contributed by atoms with van der Waals surface area (Å²) in [6.45, 7) is 1.22. The normalized spacial score (nSPS) is 20.6. The van der Waals surface area contributed by atoms with Gasteiger partial charge in [-0.2, -0.15) is 0 Å². The average molecular weight is 481 g/mol. The minimum absolute atomic E-state index is 0.00797. The summed E-state index contributed by atoms with van der Waals surface area (Å²) in [6, 6.07) is 5.91. The Morgan fingerprint density at radius 2 is 1.91 bits per heavy atom. The lowest BCUT2D eigenvalue weighted by atomic mass is 9.84. The maximum Gasteiger partial charge on any atom is 0.294 e. The molecule has 3 aromatic heterocycles. The number of fused-ring (bicyclic) bond motifs is 1. The maximum absolute atomic E-state index is 13.2. The second-order valence-corrected chi connectivity index (χ2v) is 8.61. The van der Waals surface area contributed by atoms with Crippen molar-refractivity contribution in [1.82, 2.24) is 14.9 Å². The number of rotatable bonds is 5. The van der Waals surface area contributed by atoms with Crippen molar-refractivity contribution in [2.24, 2.45) is 5.92 Å². The fraction of sp³-hybridized carbons (Fsp3) is 0.375. The molecule has 2 aliphatic rings. The van der Waals surface area contributed by atoms with Crippen LogP contribution in [0.4, 0.5) is 15.9 Å². The minimum Gasteiger partial charge on any atom is -0.447 e. The molecule has 3 aromatic rings. The summed E-state index contributed by atoms with van der Waals surface area (Å²) in [5.74, 6) is -1.68. The number of nitrogens with one attached hydrogen (secondary N) is 2. The molecule has 0 unspecified atom stereocenters. The van der Waals surface area contributed by atoms with E-state index in [1.165, 1.54) is 12.1 Å². The SMILES string of the molecule is O=C(Nc1ccc(F)cn1)c1oc2cccnc2c1NC(=O)[C@H]1CC[C@H](N2CCOCC2=O)CC1. The van der Waals surface area contributed by atoms with Crippen molar-refractivity contribution in [2.75, 3.05) is 30.4 Å². The van der Waals surface area contributed by atoms with E-state index >= 15 is 0 Å². The number of nitrogens with zero attached hydrogens (tertiary/aromatic N) is 3. The molecule has 35 heavy (non-hydrogen) atoms. The third kappa shape index (κ3) is 4.85. The van der Waals surface area contributed by atoms with Crippen molar-refractivity contribution < 1.29 is 27.9 Å². The number of aromatic nitrogens is 2. The number of carbonyl (C=O) groups excluding carboxylic acids is 3. The molecule has 11 heteroatoms. The Kier molecular flexibility index (Phi) is 6.41. The highest BCUT2D eigenvalue weighted by atomic mass is 19.1. The number of anilines is 2. The number of morpholine rings is 1. The van der Waals surface area contributed by atoms with Crippen molar-refractivity contribution in [3.63, 3.8) is 0 Å².